The lowest BCUT2D eigenvalue weighted by atomic mass is 10.2. The Balaban J connectivity index is 2.24. The number of amides is 3. The Kier molecular flexibility index (Phi) is 5.28. The molecule has 0 saturated carbocycles. The summed E-state index contributed by atoms with van der Waals surface area (Å²) in [7, 11) is 1.46. The first-order valence-corrected chi connectivity index (χ1v) is 7.62. The molecule has 0 aliphatic carbocycles. The zero-order chi connectivity index (χ0) is 17.0. The smallest absolute Gasteiger partial charge is 0.293 e. The summed E-state index contributed by atoms with van der Waals surface area (Å²) in [6.45, 7) is 1.82. The van der Waals surface area contributed by atoms with E-state index in [0.29, 0.717) is 28.5 Å². The van der Waals surface area contributed by atoms with Crippen LogP contribution in [-0.4, -0.2) is 42.2 Å². The van der Waals surface area contributed by atoms with Crippen molar-refractivity contribution in [3.63, 3.8) is 0 Å². The first kappa shape index (κ1) is 16.9. The van der Waals surface area contributed by atoms with Gasteiger partial charge >= 0.3 is 0 Å². The number of nitrogens with two attached hydrogens (primary N) is 1. The Morgan fingerprint density at radius 2 is 2.09 bits per heavy atom. The lowest BCUT2D eigenvalue weighted by molar-refractivity contribution is -0.122. The molecule has 2 rings (SSSR count). The van der Waals surface area contributed by atoms with Gasteiger partial charge in [0.1, 0.15) is 0 Å². The molecule has 122 valence electrons. The van der Waals surface area contributed by atoms with Crippen molar-refractivity contribution in [2.45, 2.75) is 6.92 Å². The molecule has 0 spiro atoms. The van der Waals surface area contributed by atoms with Crippen molar-refractivity contribution in [1.29, 1.82) is 0 Å². The summed E-state index contributed by atoms with van der Waals surface area (Å²) in [5.41, 5.74) is 5.71. The second kappa shape index (κ2) is 7.19. The largest absolute Gasteiger partial charge is 0.493 e. The average molecular weight is 336 g/mol. The van der Waals surface area contributed by atoms with Gasteiger partial charge in [0.2, 0.25) is 0 Å². The Hall–Kier alpha value is -2.48. The van der Waals surface area contributed by atoms with Gasteiger partial charge in [-0.15, -0.1) is 0 Å². The quantitative estimate of drug-likeness (QED) is 0.793. The van der Waals surface area contributed by atoms with Crippen LogP contribution in [0.3, 0.4) is 0 Å². The molecule has 8 heteroatoms. The van der Waals surface area contributed by atoms with E-state index in [9.17, 15) is 14.4 Å². The number of imide groups is 1. The molecule has 7 nitrogen and oxygen atoms in total. The number of nitrogens with zero attached hydrogens (tertiary/aromatic N) is 1. The van der Waals surface area contributed by atoms with Crippen molar-refractivity contribution < 1.29 is 23.9 Å². The number of benzene rings is 1. The fourth-order valence-electron chi connectivity index (χ4n) is 1.97. The molecule has 1 aliphatic heterocycles. The number of rotatable bonds is 6. The van der Waals surface area contributed by atoms with Gasteiger partial charge in [-0.2, -0.15) is 0 Å². The lowest BCUT2D eigenvalue weighted by Gasteiger charge is -2.10. The zero-order valence-corrected chi connectivity index (χ0v) is 13.5. The summed E-state index contributed by atoms with van der Waals surface area (Å²) < 4.78 is 10.4. The molecule has 0 bridgehead atoms. The van der Waals surface area contributed by atoms with E-state index < -0.39 is 5.91 Å². The number of carbonyl (C=O) groups is 3. The Morgan fingerprint density at radius 3 is 2.65 bits per heavy atom. The second-order valence-electron chi connectivity index (χ2n) is 4.59. The molecule has 1 aromatic rings. The number of thioether (sulfide) groups is 1. The van der Waals surface area contributed by atoms with Crippen molar-refractivity contribution in [3.8, 4) is 11.5 Å². The highest BCUT2D eigenvalue weighted by atomic mass is 32.2. The Bertz CT molecular complexity index is 686. The highest BCUT2D eigenvalue weighted by Crippen LogP contribution is 2.34. The summed E-state index contributed by atoms with van der Waals surface area (Å²) in [6.07, 6.45) is 1.61. The molecular weight excluding hydrogens is 320 g/mol. The fourth-order valence-corrected chi connectivity index (χ4v) is 2.87. The average Bonchev–Trinajstić information content (AvgIpc) is 2.79. The third-order valence-corrected chi connectivity index (χ3v) is 3.95. The van der Waals surface area contributed by atoms with E-state index in [-0.39, 0.29) is 17.8 Å². The van der Waals surface area contributed by atoms with Gasteiger partial charge in [-0.1, -0.05) is 6.07 Å². The molecule has 1 heterocycles. The molecule has 2 N–H and O–H groups in total. The molecule has 1 fully saturated rings. The molecule has 0 unspecified atom stereocenters. The SMILES string of the molecule is CCN1C(=O)S/C(=C\c2ccc(OCC(N)=O)c(OC)c2)C1=O. The first-order chi connectivity index (χ1) is 11.0. The lowest BCUT2D eigenvalue weighted by Crippen LogP contribution is -2.27. The Labute approximate surface area is 137 Å². The van der Waals surface area contributed by atoms with Gasteiger partial charge in [0.25, 0.3) is 17.1 Å². The maximum Gasteiger partial charge on any atom is 0.293 e. The second-order valence-corrected chi connectivity index (χ2v) is 5.58. The van der Waals surface area contributed by atoms with Crippen LogP contribution in [0.5, 0.6) is 11.5 Å². The maximum atomic E-state index is 12.1. The minimum absolute atomic E-state index is 0.259. The molecule has 0 radical (unpaired) electrons. The summed E-state index contributed by atoms with van der Waals surface area (Å²) in [6, 6.07) is 4.95. The molecule has 23 heavy (non-hydrogen) atoms. The molecular formula is C15H16N2O5S. The van der Waals surface area contributed by atoms with Gasteiger partial charge in [-0.3, -0.25) is 19.3 Å². The number of ether oxygens (including phenoxy) is 2. The van der Waals surface area contributed by atoms with Gasteiger partial charge in [-0.25, -0.2) is 0 Å². The summed E-state index contributed by atoms with van der Waals surface area (Å²) >= 11 is 0.898. The van der Waals surface area contributed by atoms with E-state index in [1.165, 1.54) is 12.0 Å². The molecule has 1 aromatic carbocycles. The number of primary amides is 1. The Morgan fingerprint density at radius 1 is 1.35 bits per heavy atom. The molecule has 1 aliphatic rings. The van der Waals surface area contributed by atoms with E-state index in [0.717, 1.165) is 11.8 Å². The van der Waals surface area contributed by atoms with Crippen molar-refractivity contribution in [1.82, 2.24) is 4.90 Å². The topological polar surface area (TPSA) is 98.9 Å². The molecule has 0 aromatic heterocycles. The maximum absolute atomic E-state index is 12.1. The minimum atomic E-state index is -0.593. The number of likely N-dealkylation sites (N-methyl/N-ethyl adjacent to an activating group) is 1. The van der Waals surface area contributed by atoms with Gasteiger partial charge in [-0.05, 0) is 42.5 Å². The predicted octanol–water partition coefficient (Wildman–Crippen LogP) is 1.62. The number of carbonyl (C=O) groups excluding carboxylic acids is 3. The third kappa shape index (κ3) is 3.84. The van der Waals surface area contributed by atoms with Crippen LogP contribution in [0.4, 0.5) is 4.79 Å². The summed E-state index contributed by atoms with van der Waals surface area (Å²) in [5.74, 6) is -0.139. The normalized spacial score (nSPS) is 16.1. The van der Waals surface area contributed by atoms with Crippen LogP contribution < -0.4 is 15.2 Å². The standard InChI is InChI=1S/C15H16N2O5S/c1-3-17-14(19)12(23-15(17)20)7-9-4-5-10(11(6-9)21-2)22-8-13(16)18/h4-7H,3,8H2,1-2H3,(H2,16,18)/b12-7-. The number of methoxy groups -OCH3 is 1. The van der Waals surface area contributed by atoms with Crippen LogP contribution in [0.25, 0.3) is 6.08 Å². The van der Waals surface area contributed by atoms with Crippen LogP contribution >= 0.6 is 11.8 Å². The molecule has 0 atom stereocenters. The monoisotopic (exact) mass is 336 g/mol. The first-order valence-electron chi connectivity index (χ1n) is 6.80. The fraction of sp³-hybridized carbons (Fsp3) is 0.267. The van der Waals surface area contributed by atoms with Crippen LogP contribution in [-0.2, 0) is 9.59 Å². The number of hydrogen-bond acceptors (Lipinski definition) is 6. The van der Waals surface area contributed by atoms with Crippen molar-refractivity contribution in [2.75, 3.05) is 20.3 Å². The summed E-state index contributed by atoms with van der Waals surface area (Å²) in [4.78, 5) is 36.0. The van der Waals surface area contributed by atoms with Crippen molar-refractivity contribution >= 4 is 34.9 Å². The third-order valence-electron chi connectivity index (χ3n) is 3.05. The van der Waals surface area contributed by atoms with Gasteiger partial charge in [0.05, 0.1) is 12.0 Å². The molecule has 1 saturated heterocycles. The van der Waals surface area contributed by atoms with Crippen LogP contribution in [0.2, 0.25) is 0 Å². The highest BCUT2D eigenvalue weighted by Gasteiger charge is 2.33. The van der Waals surface area contributed by atoms with Gasteiger partial charge < -0.3 is 15.2 Å². The van der Waals surface area contributed by atoms with E-state index in [1.54, 1.807) is 31.2 Å². The van der Waals surface area contributed by atoms with Crippen LogP contribution in [0.15, 0.2) is 23.1 Å². The van der Waals surface area contributed by atoms with E-state index in [4.69, 9.17) is 15.2 Å². The molecule has 3 amide bonds. The van der Waals surface area contributed by atoms with E-state index >= 15 is 0 Å². The van der Waals surface area contributed by atoms with Crippen LogP contribution in [0.1, 0.15) is 12.5 Å². The van der Waals surface area contributed by atoms with Crippen LogP contribution in [0, 0.1) is 0 Å². The summed E-state index contributed by atoms with van der Waals surface area (Å²) in [5, 5.41) is -0.280. The van der Waals surface area contributed by atoms with Crippen molar-refractivity contribution in [2.24, 2.45) is 5.73 Å². The van der Waals surface area contributed by atoms with E-state index in [2.05, 4.69) is 0 Å². The predicted molar refractivity (Wildman–Crippen MR) is 86.0 cm³/mol. The van der Waals surface area contributed by atoms with Gasteiger partial charge in [0, 0.05) is 6.54 Å². The van der Waals surface area contributed by atoms with E-state index in [1.807, 2.05) is 0 Å². The van der Waals surface area contributed by atoms with Gasteiger partial charge in [0.15, 0.2) is 18.1 Å². The highest BCUT2D eigenvalue weighted by molar-refractivity contribution is 8.18. The van der Waals surface area contributed by atoms with Crippen molar-refractivity contribution in [3.05, 3.63) is 28.7 Å². The zero-order valence-electron chi connectivity index (χ0n) is 12.7. The number of hydrogen-bond donors (Lipinski definition) is 1. The minimum Gasteiger partial charge on any atom is -0.493 e.